The van der Waals surface area contributed by atoms with Crippen LogP contribution in [0, 0.1) is 5.92 Å². The Kier molecular flexibility index (Phi) is 7.09. The third kappa shape index (κ3) is 4.85. The average molecular weight is 278 g/mol. The van der Waals surface area contributed by atoms with E-state index in [0.717, 1.165) is 12.2 Å². The monoisotopic (exact) mass is 278 g/mol. The molecule has 0 aliphatic heterocycles. The SMILES string of the molecule is CCCOc1cccc(C(=O)N(CC)CC(C)CN)c1. The number of hydrogen-bond acceptors (Lipinski definition) is 3. The molecule has 0 saturated heterocycles. The largest absolute Gasteiger partial charge is 0.494 e. The second-order valence-corrected chi connectivity index (χ2v) is 5.06. The number of carbonyl (C=O) groups is 1. The number of benzene rings is 1. The topological polar surface area (TPSA) is 55.6 Å². The van der Waals surface area contributed by atoms with Crippen LogP contribution in [0.15, 0.2) is 24.3 Å². The number of ether oxygens (including phenoxy) is 1. The maximum atomic E-state index is 12.5. The fourth-order valence-electron chi connectivity index (χ4n) is 1.93. The van der Waals surface area contributed by atoms with Gasteiger partial charge in [0.2, 0.25) is 0 Å². The number of nitrogens with two attached hydrogens (primary N) is 1. The van der Waals surface area contributed by atoms with Crippen LogP contribution in [0.2, 0.25) is 0 Å². The Morgan fingerprint density at radius 2 is 2.15 bits per heavy atom. The lowest BCUT2D eigenvalue weighted by atomic mass is 10.1. The zero-order valence-electron chi connectivity index (χ0n) is 12.8. The number of hydrogen-bond donors (Lipinski definition) is 1. The summed E-state index contributed by atoms with van der Waals surface area (Å²) in [5, 5.41) is 0. The van der Waals surface area contributed by atoms with Gasteiger partial charge in [-0.3, -0.25) is 4.79 Å². The van der Waals surface area contributed by atoms with E-state index < -0.39 is 0 Å². The lowest BCUT2D eigenvalue weighted by molar-refractivity contribution is 0.0743. The predicted molar refractivity (Wildman–Crippen MR) is 82.0 cm³/mol. The minimum Gasteiger partial charge on any atom is -0.494 e. The van der Waals surface area contributed by atoms with E-state index in [1.165, 1.54) is 0 Å². The molecule has 4 nitrogen and oxygen atoms in total. The molecule has 0 aromatic heterocycles. The molecule has 0 aliphatic carbocycles. The van der Waals surface area contributed by atoms with Crippen molar-refractivity contribution in [2.45, 2.75) is 27.2 Å². The van der Waals surface area contributed by atoms with E-state index in [1.54, 1.807) is 0 Å². The third-order valence-electron chi connectivity index (χ3n) is 3.16. The van der Waals surface area contributed by atoms with Crippen molar-refractivity contribution in [1.82, 2.24) is 4.90 Å². The second-order valence-electron chi connectivity index (χ2n) is 5.06. The molecule has 1 atom stereocenters. The van der Waals surface area contributed by atoms with E-state index in [-0.39, 0.29) is 5.91 Å². The van der Waals surface area contributed by atoms with Crippen molar-refractivity contribution in [3.8, 4) is 5.75 Å². The molecule has 20 heavy (non-hydrogen) atoms. The molecule has 112 valence electrons. The average Bonchev–Trinajstić information content (AvgIpc) is 2.49. The van der Waals surface area contributed by atoms with Crippen LogP contribution in [0.4, 0.5) is 0 Å². The Labute approximate surface area is 121 Å². The fraction of sp³-hybridized carbons (Fsp3) is 0.562. The fourth-order valence-corrected chi connectivity index (χ4v) is 1.93. The maximum absolute atomic E-state index is 12.5. The normalized spacial score (nSPS) is 12.0. The summed E-state index contributed by atoms with van der Waals surface area (Å²) < 4.78 is 5.57. The maximum Gasteiger partial charge on any atom is 0.253 e. The molecule has 1 amide bonds. The molecular weight excluding hydrogens is 252 g/mol. The van der Waals surface area contributed by atoms with Crippen molar-refractivity contribution in [2.24, 2.45) is 11.7 Å². The van der Waals surface area contributed by atoms with E-state index >= 15 is 0 Å². The molecule has 0 radical (unpaired) electrons. The van der Waals surface area contributed by atoms with Crippen molar-refractivity contribution in [2.75, 3.05) is 26.2 Å². The van der Waals surface area contributed by atoms with E-state index in [0.29, 0.717) is 37.7 Å². The van der Waals surface area contributed by atoms with Gasteiger partial charge < -0.3 is 15.4 Å². The molecular formula is C16H26N2O2. The standard InChI is InChI=1S/C16H26N2O2/c1-4-9-20-15-8-6-7-14(10-15)16(19)18(5-2)12-13(3)11-17/h6-8,10,13H,4-5,9,11-12,17H2,1-3H3. The van der Waals surface area contributed by atoms with Crippen molar-refractivity contribution < 1.29 is 9.53 Å². The Morgan fingerprint density at radius 1 is 1.40 bits per heavy atom. The molecule has 4 heteroatoms. The first kappa shape index (κ1) is 16.5. The lowest BCUT2D eigenvalue weighted by Gasteiger charge is -2.24. The highest BCUT2D eigenvalue weighted by Gasteiger charge is 2.16. The first-order valence-electron chi connectivity index (χ1n) is 7.34. The van der Waals surface area contributed by atoms with Crippen LogP contribution in [-0.4, -0.2) is 37.0 Å². The summed E-state index contributed by atoms with van der Waals surface area (Å²) in [5.74, 6) is 1.09. The lowest BCUT2D eigenvalue weighted by Crippen LogP contribution is -2.36. The summed E-state index contributed by atoms with van der Waals surface area (Å²) in [6.45, 7) is 8.72. The van der Waals surface area contributed by atoms with Crippen molar-refractivity contribution in [3.05, 3.63) is 29.8 Å². The Hall–Kier alpha value is -1.55. The summed E-state index contributed by atoms with van der Waals surface area (Å²) in [6, 6.07) is 7.38. The summed E-state index contributed by atoms with van der Waals surface area (Å²) in [6.07, 6.45) is 0.952. The Balaban J connectivity index is 2.78. The van der Waals surface area contributed by atoms with Crippen LogP contribution < -0.4 is 10.5 Å². The zero-order chi connectivity index (χ0) is 15.0. The van der Waals surface area contributed by atoms with E-state index in [1.807, 2.05) is 36.1 Å². The Bertz CT molecular complexity index is 421. The van der Waals surface area contributed by atoms with Crippen molar-refractivity contribution in [1.29, 1.82) is 0 Å². The number of amides is 1. The molecule has 0 heterocycles. The highest BCUT2D eigenvalue weighted by molar-refractivity contribution is 5.94. The smallest absolute Gasteiger partial charge is 0.253 e. The van der Waals surface area contributed by atoms with Crippen LogP contribution >= 0.6 is 0 Å². The van der Waals surface area contributed by atoms with Crippen LogP contribution in [0.1, 0.15) is 37.6 Å². The van der Waals surface area contributed by atoms with Gasteiger partial charge in [0.15, 0.2) is 0 Å². The quantitative estimate of drug-likeness (QED) is 0.795. The number of carbonyl (C=O) groups excluding carboxylic acids is 1. The van der Waals surface area contributed by atoms with E-state index in [4.69, 9.17) is 10.5 Å². The van der Waals surface area contributed by atoms with Gasteiger partial charge in [-0.1, -0.05) is 19.9 Å². The molecule has 2 N–H and O–H groups in total. The Morgan fingerprint density at radius 3 is 2.75 bits per heavy atom. The van der Waals surface area contributed by atoms with Gasteiger partial charge in [-0.15, -0.1) is 0 Å². The molecule has 1 aromatic carbocycles. The first-order chi connectivity index (χ1) is 9.62. The number of nitrogens with zero attached hydrogens (tertiary/aromatic N) is 1. The van der Waals surface area contributed by atoms with Crippen LogP contribution in [0.3, 0.4) is 0 Å². The van der Waals surface area contributed by atoms with E-state index in [2.05, 4.69) is 13.8 Å². The zero-order valence-corrected chi connectivity index (χ0v) is 12.8. The molecule has 0 fully saturated rings. The third-order valence-corrected chi connectivity index (χ3v) is 3.16. The molecule has 0 bridgehead atoms. The van der Waals surface area contributed by atoms with Gasteiger partial charge in [0, 0.05) is 18.7 Å². The molecule has 1 unspecified atom stereocenters. The number of rotatable bonds is 8. The minimum atomic E-state index is 0.0368. The van der Waals surface area contributed by atoms with Crippen LogP contribution in [0.25, 0.3) is 0 Å². The van der Waals surface area contributed by atoms with Gasteiger partial charge in [-0.25, -0.2) is 0 Å². The molecule has 1 aromatic rings. The molecule has 0 saturated carbocycles. The van der Waals surface area contributed by atoms with Gasteiger partial charge in [0.1, 0.15) is 5.75 Å². The van der Waals surface area contributed by atoms with Crippen LogP contribution in [-0.2, 0) is 0 Å². The van der Waals surface area contributed by atoms with Crippen molar-refractivity contribution >= 4 is 5.91 Å². The van der Waals surface area contributed by atoms with Gasteiger partial charge in [0.05, 0.1) is 6.61 Å². The molecule has 0 aliphatic rings. The highest BCUT2D eigenvalue weighted by atomic mass is 16.5. The molecule has 0 spiro atoms. The first-order valence-corrected chi connectivity index (χ1v) is 7.34. The van der Waals surface area contributed by atoms with Gasteiger partial charge in [-0.2, -0.15) is 0 Å². The van der Waals surface area contributed by atoms with E-state index in [9.17, 15) is 4.79 Å². The van der Waals surface area contributed by atoms with Crippen LogP contribution in [0.5, 0.6) is 5.75 Å². The summed E-state index contributed by atoms with van der Waals surface area (Å²) in [5.41, 5.74) is 6.31. The summed E-state index contributed by atoms with van der Waals surface area (Å²) in [7, 11) is 0. The van der Waals surface area contributed by atoms with Gasteiger partial charge >= 0.3 is 0 Å². The summed E-state index contributed by atoms with van der Waals surface area (Å²) >= 11 is 0. The minimum absolute atomic E-state index is 0.0368. The van der Waals surface area contributed by atoms with Crippen molar-refractivity contribution in [3.63, 3.8) is 0 Å². The summed E-state index contributed by atoms with van der Waals surface area (Å²) in [4.78, 5) is 14.3. The van der Waals surface area contributed by atoms with Gasteiger partial charge in [-0.05, 0) is 44.0 Å². The molecule has 1 rings (SSSR count). The highest BCUT2D eigenvalue weighted by Crippen LogP contribution is 2.16. The van der Waals surface area contributed by atoms with Gasteiger partial charge in [0.25, 0.3) is 5.91 Å². The predicted octanol–water partition coefficient (Wildman–Crippen LogP) is 2.53. The second kappa shape index (κ2) is 8.59.